The van der Waals surface area contributed by atoms with Gasteiger partial charge in [0.1, 0.15) is 5.82 Å². The zero-order chi connectivity index (χ0) is 24.2. The Balaban J connectivity index is 1.49. The Labute approximate surface area is 208 Å². The smallest absolute Gasteiger partial charge is 0.361 e. The quantitative estimate of drug-likeness (QED) is 0.458. The number of hydrogen-bond donors (Lipinski definition) is 2. The van der Waals surface area contributed by atoms with E-state index in [1.807, 2.05) is 29.2 Å². The van der Waals surface area contributed by atoms with Crippen LogP contribution in [0.2, 0.25) is 5.02 Å². The fraction of sp³-hybridized carbons (Fsp3) is 0.542. The minimum Gasteiger partial charge on any atom is -0.361 e. The van der Waals surface area contributed by atoms with Gasteiger partial charge in [0, 0.05) is 36.1 Å². The van der Waals surface area contributed by atoms with Crippen LogP contribution < -0.4 is 15.5 Å². The molecule has 1 aromatic heterocycles. The maximum absolute atomic E-state index is 13.5. The van der Waals surface area contributed by atoms with E-state index in [-0.39, 0.29) is 22.3 Å². The predicted octanol–water partition coefficient (Wildman–Crippen LogP) is 6.33. The Bertz CT molecular complexity index is 987. The molecule has 10 heteroatoms. The lowest BCUT2D eigenvalue weighted by Gasteiger charge is -2.38. The number of piperidine rings is 1. The molecule has 0 amide bonds. The second kappa shape index (κ2) is 10.6. The lowest BCUT2D eigenvalue weighted by molar-refractivity contribution is -0.141. The summed E-state index contributed by atoms with van der Waals surface area (Å²) in [5.41, 5.74) is 0.107. The van der Waals surface area contributed by atoms with E-state index >= 15 is 0 Å². The number of anilines is 2. The summed E-state index contributed by atoms with van der Waals surface area (Å²) >= 11 is 11.5. The number of nitrogens with one attached hydrogen (secondary N) is 2. The van der Waals surface area contributed by atoms with Crippen LogP contribution in [-0.2, 0) is 11.6 Å². The van der Waals surface area contributed by atoms with E-state index in [0.717, 1.165) is 51.0 Å². The molecule has 2 N–H and O–H groups in total. The van der Waals surface area contributed by atoms with Crippen molar-refractivity contribution >= 4 is 40.7 Å². The molecule has 34 heavy (non-hydrogen) atoms. The normalized spacial score (nSPS) is 18.4. The van der Waals surface area contributed by atoms with E-state index in [2.05, 4.69) is 20.6 Å². The number of nitrogens with zero attached hydrogens (tertiary/aromatic N) is 3. The first-order valence-corrected chi connectivity index (χ1v) is 12.6. The van der Waals surface area contributed by atoms with Gasteiger partial charge in [-0.15, -0.1) is 0 Å². The molecule has 1 aliphatic carbocycles. The van der Waals surface area contributed by atoms with Crippen molar-refractivity contribution in [3.63, 3.8) is 0 Å². The van der Waals surface area contributed by atoms with Gasteiger partial charge in [-0.05, 0) is 62.0 Å². The van der Waals surface area contributed by atoms with Crippen LogP contribution in [-0.4, -0.2) is 34.7 Å². The molecule has 2 fully saturated rings. The second-order valence-electron chi connectivity index (χ2n) is 9.14. The van der Waals surface area contributed by atoms with Crippen molar-refractivity contribution in [1.82, 2.24) is 15.3 Å². The van der Waals surface area contributed by atoms with Gasteiger partial charge in [-0.3, -0.25) is 0 Å². The fourth-order valence-electron chi connectivity index (χ4n) is 4.92. The first-order valence-electron chi connectivity index (χ1n) is 11.8. The van der Waals surface area contributed by atoms with Crippen molar-refractivity contribution in [2.75, 3.05) is 29.9 Å². The summed E-state index contributed by atoms with van der Waals surface area (Å²) in [5.74, 6) is 0.134. The molecular weight excluding hydrogens is 483 g/mol. The van der Waals surface area contributed by atoms with E-state index < -0.39 is 11.9 Å². The SMILES string of the molecule is FC(F)(F)c1cc(N2CCCCC2)nc(NC(=S)NCC2(c3ccc(Cl)cc3)CCCCC2)n1. The number of benzene rings is 1. The zero-order valence-corrected chi connectivity index (χ0v) is 20.5. The standard InChI is InChI=1S/C24H29ClF3N5S/c25-18-9-7-17(8-10-18)23(11-3-1-4-12-23)16-29-22(34)32-21-30-19(24(26,27)28)15-20(31-21)33-13-5-2-6-14-33/h7-10,15H,1-6,11-14,16H2,(H2,29,30,31,32,34). The molecule has 0 bridgehead atoms. The first kappa shape index (κ1) is 25.0. The molecule has 0 radical (unpaired) electrons. The molecule has 1 saturated carbocycles. The van der Waals surface area contributed by atoms with E-state index in [1.54, 1.807) is 0 Å². The van der Waals surface area contributed by atoms with Gasteiger partial charge in [0.15, 0.2) is 10.8 Å². The zero-order valence-electron chi connectivity index (χ0n) is 18.9. The molecule has 1 aromatic carbocycles. The highest BCUT2D eigenvalue weighted by molar-refractivity contribution is 7.80. The van der Waals surface area contributed by atoms with Gasteiger partial charge >= 0.3 is 6.18 Å². The molecular formula is C24H29ClF3N5S. The summed E-state index contributed by atoms with van der Waals surface area (Å²) in [4.78, 5) is 9.93. The highest BCUT2D eigenvalue weighted by Gasteiger charge is 2.35. The Morgan fingerprint density at radius 3 is 2.29 bits per heavy atom. The molecule has 0 unspecified atom stereocenters. The summed E-state index contributed by atoms with van der Waals surface area (Å²) in [5, 5.41) is 6.92. The van der Waals surface area contributed by atoms with Crippen molar-refractivity contribution in [1.29, 1.82) is 0 Å². The summed E-state index contributed by atoms with van der Waals surface area (Å²) in [6, 6.07) is 8.90. The first-order chi connectivity index (χ1) is 16.2. The fourth-order valence-corrected chi connectivity index (χ4v) is 5.20. The van der Waals surface area contributed by atoms with Crippen LogP contribution in [0.3, 0.4) is 0 Å². The number of hydrogen-bond acceptors (Lipinski definition) is 4. The van der Waals surface area contributed by atoms with Gasteiger partial charge in [0.2, 0.25) is 5.95 Å². The summed E-state index contributed by atoms with van der Waals surface area (Å²) in [6.07, 6.45) is 3.78. The number of rotatable bonds is 5. The Kier molecular flexibility index (Phi) is 7.82. The lowest BCUT2D eigenvalue weighted by atomic mass is 9.69. The van der Waals surface area contributed by atoms with Crippen LogP contribution in [0, 0.1) is 0 Å². The third-order valence-electron chi connectivity index (χ3n) is 6.76. The van der Waals surface area contributed by atoms with Gasteiger partial charge in [-0.2, -0.15) is 18.2 Å². The average molecular weight is 512 g/mol. The predicted molar refractivity (Wildman–Crippen MR) is 134 cm³/mol. The van der Waals surface area contributed by atoms with E-state index in [1.165, 1.54) is 12.0 Å². The van der Waals surface area contributed by atoms with Crippen LogP contribution >= 0.6 is 23.8 Å². The molecule has 2 heterocycles. The molecule has 4 rings (SSSR count). The third kappa shape index (κ3) is 6.10. The topological polar surface area (TPSA) is 53.1 Å². The molecule has 5 nitrogen and oxygen atoms in total. The van der Waals surface area contributed by atoms with Crippen LogP contribution in [0.25, 0.3) is 0 Å². The number of thiocarbonyl (C=S) groups is 1. The second-order valence-corrected chi connectivity index (χ2v) is 9.98. The maximum atomic E-state index is 13.5. The van der Waals surface area contributed by atoms with Crippen LogP contribution in [0.5, 0.6) is 0 Å². The number of halogens is 4. The molecule has 0 spiro atoms. The van der Waals surface area contributed by atoms with Gasteiger partial charge < -0.3 is 15.5 Å². The molecule has 184 valence electrons. The molecule has 1 aliphatic heterocycles. The summed E-state index contributed by atoms with van der Waals surface area (Å²) in [6.45, 7) is 1.93. The summed E-state index contributed by atoms with van der Waals surface area (Å²) < 4.78 is 40.5. The monoisotopic (exact) mass is 511 g/mol. The highest BCUT2D eigenvalue weighted by Crippen LogP contribution is 2.39. The lowest BCUT2D eigenvalue weighted by Crippen LogP contribution is -2.43. The highest BCUT2D eigenvalue weighted by atomic mass is 35.5. The van der Waals surface area contributed by atoms with E-state index in [0.29, 0.717) is 24.7 Å². The van der Waals surface area contributed by atoms with E-state index in [4.69, 9.17) is 23.8 Å². The van der Waals surface area contributed by atoms with Gasteiger partial charge in [0.25, 0.3) is 0 Å². The third-order valence-corrected chi connectivity index (χ3v) is 7.26. The Hall–Kier alpha value is -2.13. The average Bonchev–Trinajstić information content (AvgIpc) is 2.83. The van der Waals surface area contributed by atoms with Crippen molar-refractivity contribution in [2.45, 2.75) is 63.0 Å². The van der Waals surface area contributed by atoms with Crippen LogP contribution in [0.1, 0.15) is 62.6 Å². The van der Waals surface area contributed by atoms with Crippen molar-refractivity contribution in [3.05, 3.63) is 46.6 Å². The van der Waals surface area contributed by atoms with Crippen LogP contribution in [0.4, 0.5) is 24.9 Å². The number of aromatic nitrogens is 2. The Morgan fingerprint density at radius 2 is 1.65 bits per heavy atom. The van der Waals surface area contributed by atoms with Crippen molar-refractivity contribution in [2.24, 2.45) is 0 Å². The Morgan fingerprint density at radius 1 is 1.00 bits per heavy atom. The van der Waals surface area contributed by atoms with Gasteiger partial charge in [-0.25, -0.2) is 4.98 Å². The minimum absolute atomic E-state index is 0.109. The molecule has 0 atom stereocenters. The molecule has 2 aromatic rings. The molecule has 2 aliphatic rings. The van der Waals surface area contributed by atoms with Crippen molar-refractivity contribution in [3.8, 4) is 0 Å². The minimum atomic E-state index is -4.57. The largest absolute Gasteiger partial charge is 0.433 e. The number of alkyl halides is 3. The maximum Gasteiger partial charge on any atom is 0.433 e. The van der Waals surface area contributed by atoms with Gasteiger partial charge in [-0.1, -0.05) is 43.0 Å². The molecule has 1 saturated heterocycles. The van der Waals surface area contributed by atoms with Crippen LogP contribution in [0.15, 0.2) is 30.3 Å². The summed E-state index contributed by atoms with van der Waals surface area (Å²) in [7, 11) is 0. The van der Waals surface area contributed by atoms with E-state index in [9.17, 15) is 13.2 Å². The van der Waals surface area contributed by atoms with Crippen molar-refractivity contribution < 1.29 is 13.2 Å². The van der Waals surface area contributed by atoms with Gasteiger partial charge in [0.05, 0.1) is 0 Å².